The van der Waals surface area contributed by atoms with Crippen LogP contribution in [0.25, 0.3) is 0 Å². The van der Waals surface area contributed by atoms with Gasteiger partial charge in [-0.2, -0.15) is 0 Å². The van der Waals surface area contributed by atoms with E-state index < -0.39 is 10.8 Å². The van der Waals surface area contributed by atoms with Crippen molar-refractivity contribution in [2.75, 3.05) is 11.5 Å². The van der Waals surface area contributed by atoms with Crippen molar-refractivity contribution in [3.63, 3.8) is 0 Å². The first kappa shape index (κ1) is 13.1. The second kappa shape index (κ2) is 7.34. The van der Waals surface area contributed by atoms with Gasteiger partial charge in [0.05, 0.1) is 5.75 Å². The molecule has 16 heavy (non-hydrogen) atoms. The van der Waals surface area contributed by atoms with Crippen LogP contribution in [0.2, 0.25) is 0 Å². The minimum Gasteiger partial charge on any atom is -0.298 e. The van der Waals surface area contributed by atoms with E-state index in [1.807, 2.05) is 30.3 Å². The molecule has 0 aliphatic heterocycles. The molecular weight excluding hydrogens is 220 g/mol. The van der Waals surface area contributed by atoms with Crippen LogP contribution >= 0.6 is 0 Å². The Kier molecular flexibility index (Phi) is 6.01. The summed E-state index contributed by atoms with van der Waals surface area (Å²) in [5.41, 5.74) is 1.000. The molecule has 0 bridgehead atoms. The molecule has 1 aromatic carbocycles. The number of Topliss-reactive ketones (excluding diaryl/α,β-unsaturated/α-hetero) is 1. The highest BCUT2D eigenvalue weighted by Gasteiger charge is 2.08. The van der Waals surface area contributed by atoms with E-state index in [1.54, 1.807) is 0 Å². The Bertz CT molecular complexity index is 346. The van der Waals surface area contributed by atoms with Crippen LogP contribution in [0.1, 0.15) is 25.3 Å². The number of carbonyl (C=O) groups is 1. The zero-order chi connectivity index (χ0) is 11.8. The summed E-state index contributed by atoms with van der Waals surface area (Å²) in [4.78, 5) is 11.6. The Labute approximate surface area is 99.5 Å². The Hall–Kier alpha value is -0.960. The average molecular weight is 238 g/mol. The largest absolute Gasteiger partial charge is 0.298 e. The predicted octanol–water partition coefficient (Wildman–Crippen LogP) is 2.35. The third kappa shape index (κ3) is 5.21. The molecule has 88 valence electrons. The van der Waals surface area contributed by atoms with Crippen LogP contribution in [0.3, 0.4) is 0 Å². The van der Waals surface area contributed by atoms with Gasteiger partial charge in [0.25, 0.3) is 0 Å². The van der Waals surface area contributed by atoms with Crippen molar-refractivity contribution >= 4 is 16.6 Å². The Morgan fingerprint density at radius 2 is 1.94 bits per heavy atom. The van der Waals surface area contributed by atoms with Crippen LogP contribution in [0.4, 0.5) is 0 Å². The third-order valence-corrected chi connectivity index (χ3v) is 3.68. The molecule has 3 heteroatoms. The lowest BCUT2D eigenvalue weighted by molar-refractivity contribution is -0.116. The number of ketones is 1. The van der Waals surface area contributed by atoms with Crippen molar-refractivity contribution in [1.29, 1.82) is 0 Å². The van der Waals surface area contributed by atoms with E-state index in [4.69, 9.17) is 0 Å². The molecule has 0 saturated carbocycles. The van der Waals surface area contributed by atoms with E-state index in [-0.39, 0.29) is 11.5 Å². The van der Waals surface area contributed by atoms with Crippen molar-refractivity contribution in [2.45, 2.75) is 26.2 Å². The van der Waals surface area contributed by atoms with Gasteiger partial charge in [-0.05, 0) is 12.0 Å². The van der Waals surface area contributed by atoms with Crippen LogP contribution < -0.4 is 0 Å². The number of carbonyl (C=O) groups excluding carboxylic acids is 1. The van der Waals surface area contributed by atoms with Gasteiger partial charge in [0.2, 0.25) is 0 Å². The zero-order valence-electron chi connectivity index (χ0n) is 9.65. The van der Waals surface area contributed by atoms with Gasteiger partial charge in [0.1, 0.15) is 5.78 Å². The number of hydrogen-bond donors (Lipinski definition) is 0. The number of hydrogen-bond acceptors (Lipinski definition) is 2. The topological polar surface area (TPSA) is 34.1 Å². The standard InChI is InChI=1S/C13H18O2S/c1-2-3-9-16(15)11-13(14)10-12-7-5-4-6-8-12/h4-8H,2-3,9-11H2,1H3. The summed E-state index contributed by atoms with van der Waals surface area (Å²) >= 11 is 0. The van der Waals surface area contributed by atoms with E-state index in [0.29, 0.717) is 12.2 Å². The number of unbranched alkanes of at least 4 members (excludes halogenated alkanes) is 1. The molecule has 0 N–H and O–H groups in total. The summed E-state index contributed by atoms with van der Waals surface area (Å²) in [7, 11) is -0.973. The van der Waals surface area contributed by atoms with Crippen LogP contribution in [0.5, 0.6) is 0 Å². The molecule has 0 radical (unpaired) electrons. The van der Waals surface area contributed by atoms with Gasteiger partial charge < -0.3 is 0 Å². The molecule has 1 aromatic rings. The molecule has 0 heterocycles. The zero-order valence-corrected chi connectivity index (χ0v) is 10.5. The van der Waals surface area contributed by atoms with E-state index >= 15 is 0 Å². The van der Waals surface area contributed by atoms with Crippen LogP contribution in [0, 0.1) is 0 Å². The fourth-order valence-corrected chi connectivity index (χ4v) is 2.65. The van der Waals surface area contributed by atoms with Gasteiger partial charge in [0, 0.05) is 23.0 Å². The highest BCUT2D eigenvalue weighted by molar-refractivity contribution is 7.85. The van der Waals surface area contributed by atoms with Crippen LogP contribution in [-0.2, 0) is 22.0 Å². The Morgan fingerprint density at radius 3 is 2.56 bits per heavy atom. The number of benzene rings is 1. The molecule has 1 unspecified atom stereocenters. The number of rotatable bonds is 7. The minimum absolute atomic E-state index is 0.0700. The van der Waals surface area contributed by atoms with Gasteiger partial charge in [-0.3, -0.25) is 9.00 Å². The monoisotopic (exact) mass is 238 g/mol. The minimum atomic E-state index is -0.973. The third-order valence-electron chi connectivity index (χ3n) is 2.29. The summed E-state index contributed by atoms with van der Waals surface area (Å²) in [6, 6.07) is 9.60. The molecule has 2 nitrogen and oxygen atoms in total. The van der Waals surface area contributed by atoms with Crippen molar-refractivity contribution in [3.8, 4) is 0 Å². The Morgan fingerprint density at radius 1 is 1.25 bits per heavy atom. The maximum atomic E-state index is 11.6. The van der Waals surface area contributed by atoms with Crippen molar-refractivity contribution in [2.24, 2.45) is 0 Å². The summed E-state index contributed by atoms with van der Waals surface area (Å²) in [6.45, 7) is 2.06. The second-order valence-electron chi connectivity index (χ2n) is 3.84. The molecule has 1 atom stereocenters. The summed E-state index contributed by atoms with van der Waals surface area (Å²) in [5, 5.41) is 0. The lowest BCUT2D eigenvalue weighted by atomic mass is 10.1. The maximum absolute atomic E-state index is 11.6. The quantitative estimate of drug-likeness (QED) is 0.730. The van der Waals surface area contributed by atoms with Crippen molar-refractivity contribution < 1.29 is 9.00 Å². The van der Waals surface area contributed by atoms with Crippen LogP contribution in [-0.4, -0.2) is 21.5 Å². The van der Waals surface area contributed by atoms with Gasteiger partial charge in [-0.15, -0.1) is 0 Å². The highest BCUT2D eigenvalue weighted by Crippen LogP contribution is 2.01. The fourth-order valence-electron chi connectivity index (χ4n) is 1.43. The van der Waals surface area contributed by atoms with Gasteiger partial charge in [-0.1, -0.05) is 43.7 Å². The van der Waals surface area contributed by atoms with Gasteiger partial charge >= 0.3 is 0 Å². The fraction of sp³-hybridized carbons (Fsp3) is 0.462. The summed E-state index contributed by atoms with van der Waals surface area (Å²) in [5.74, 6) is 0.923. The first-order valence-corrected chi connectivity index (χ1v) is 7.11. The lowest BCUT2D eigenvalue weighted by Gasteiger charge is -2.01. The van der Waals surface area contributed by atoms with Crippen molar-refractivity contribution in [3.05, 3.63) is 35.9 Å². The molecule has 0 aliphatic rings. The molecule has 0 aromatic heterocycles. The predicted molar refractivity (Wildman–Crippen MR) is 67.9 cm³/mol. The van der Waals surface area contributed by atoms with Gasteiger partial charge in [-0.25, -0.2) is 0 Å². The molecule has 0 aliphatic carbocycles. The molecule has 0 amide bonds. The maximum Gasteiger partial charge on any atom is 0.149 e. The summed E-state index contributed by atoms with van der Waals surface area (Å²) in [6.07, 6.45) is 2.36. The first-order chi connectivity index (χ1) is 7.72. The highest BCUT2D eigenvalue weighted by atomic mass is 32.2. The SMILES string of the molecule is CCCCS(=O)CC(=O)Cc1ccccc1. The lowest BCUT2D eigenvalue weighted by Crippen LogP contribution is -2.15. The smallest absolute Gasteiger partial charge is 0.149 e. The normalized spacial score (nSPS) is 12.3. The average Bonchev–Trinajstić information content (AvgIpc) is 2.27. The molecule has 1 rings (SSSR count). The van der Waals surface area contributed by atoms with Crippen molar-refractivity contribution in [1.82, 2.24) is 0 Å². The van der Waals surface area contributed by atoms with E-state index in [2.05, 4.69) is 6.92 Å². The second-order valence-corrected chi connectivity index (χ2v) is 5.42. The Balaban J connectivity index is 2.34. The van der Waals surface area contributed by atoms with E-state index in [9.17, 15) is 9.00 Å². The van der Waals surface area contributed by atoms with E-state index in [1.165, 1.54) is 0 Å². The van der Waals surface area contributed by atoms with Crippen LogP contribution in [0.15, 0.2) is 30.3 Å². The van der Waals surface area contributed by atoms with Gasteiger partial charge in [0.15, 0.2) is 0 Å². The first-order valence-electron chi connectivity index (χ1n) is 5.63. The molecular formula is C13H18O2S. The molecule has 0 saturated heterocycles. The molecule has 0 fully saturated rings. The summed E-state index contributed by atoms with van der Waals surface area (Å²) < 4.78 is 11.5. The molecule has 0 spiro atoms. The van der Waals surface area contributed by atoms with E-state index in [0.717, 1.165) is 18.4 Å².